The molecule has 7 fully saturated rings. The highest BCUT2D eigenvalue weighted by atomic mass is 16.6. The zero-order valence-electron chi connectivity index (χ0n) is 22.2. The second-order valence-corrected chi connectivity index (χ2v) is 14.9. The van der Waals surface area contributed by atoms with Gasteiger partial charge in [0.2, 0.25) is 0 Å². The highest BCUT2D eigenvalue weighted by Gasteiger charge is 2.80. The lowest BCUT2D eigenvalue weighted by Gasteiger charge is -2.67. The summed E-state index contributed by atoms with van der Waals surface area (Å²) in [6.45, 7) is 13.2. The Morgan fingerprint density at radius 3 is 2.62 bits per heavy atom. The normalized spacial score (nSPS) is 61.1. The fourth-order valence-corrected chi connectivity index (χ4v) is 12.5. The zero-order chi connectivity index (χ0) is 23.9. The Kier molecular flexibility index (Phi) is 4.40. The second-order valence-electron chi connectivity index (χ2n) is 14.9. The molecular formula is C30H47NO3. The maximum atomic E-state index is 13.1. The van der Waals surface area contributed by atoms with Crippen molar-refractivity contribution >= 4 is 5.97 Å². The van der Waals surface area contributed by atoms with Crippen molar-refractivity contribution < 1.29 is 14.6 Å². The van der Waals surface area contributed by atoms with Gasteiger partial charge in [-0.3, -0.25) is 9.69 Å². The van der Waals surface area contributed by atoms with Gasteiger partial charge in [-0.2, -0.15) is 0 Å². The van der Waals surface area contributed by atoms with E-state index in [-0.39, 0.29) is 11.9 Å². The zero-order valence-corrected chi connectivity index (χ0v) is 22.2. The van der Waals surface area contributed by atoms with E-state index in [1.54, 1.807) is 0 Å². The fraction of sp³-hybridized carbons (Fsp3) is 0.967. The molecule has 7 rings (SSSR count). The monoisotopic (exact) mass is 469 g/mol. The first-order valence-corrected chi connectivity index (χ1v) is 14.7. The lowest BCUT2D eigenvalue weighted by molar-refractivity contribution is -0.186. The van der Waals surface area contributed by atoms with E-state index in [4.69, 9.17) is 4.74 Å². The van der Waals surface area contributed by atoms with Crippen LogP contribution in [0, 0.1) is 45.8 Å². The Morgan fingerprint density at radius 1 is 1.06 bits per heavy atom. The molecule has 0 aromatic heterocycles. The summed E-state index contributed by atoms with van der Waals surface area (Å²) in [6, 6.07) is 0.719. The quantitative estimate of drug-likeness (QED) is 0.547. The topological polar surface area (TPSA) is 49.8 Å². The molecule has 3 saturated carbocycles. The van der Waals surface area contributed by atoms with Gasteiger partial charge in [-0.1, -0.05) is 27.2 Å². The van der Waals surface area contributed by atoms with Crippen LogP contribution in [0.15, 0.2) is 0 Å². The maximum Gasteiger partial charge on any atom is 0.315 e. The van der Waals surface area contributed by atoms with Gasteiger partial charge in [0.15, 0.2) is 0 Å². The molecule has 7 bridgehead atoms. The van der Waals surface area contributed by atoms with Gasteiger partial charge >= 0.3 is 5.97 Å². The van der Waals surface area contributed by atoms with E-state index in [1.165, 1.54) is 57.9 Å². The Morgan fingerprint density at radius 2 is 1.85 bits per heavy atom. The number of carbonyl (C=O) groups is 1. The van der Waals surface area contributed by atoms with Crippen molar-refractivity contribution in [2.45, 2.75) is 129 Å². The molecule has 0 aromatic rings. The van der Waals surface area contributed by atoms with Gasteiger partial charge in [0.25, 0.3) is 0 Å². The molecule has 0 amide bonds. The van der Waals surface area contributed by atoms with E-state index in [9.17, 15) is 9.90 Å². The number of hydrogen-bond donors (Lipinski definition) is 1. The van der Waals surface area contributed by atoms with Gasteiger partial charge in [-0.25, -0.2) is 0 Å². The third-order valence-corrected chi connectivity index (χ3v) is 14.1. The molecule has 1 unspecified atom stereocenters. The number of aliphatic hydroxyl groups excluding tert-OH is 1. The van der Waals surface area contributed by atoms with Gasteiger partial charge in [0, 0.05) is 24.0 Å². The van der Waals surface area contributed by atoms with Crippen LogP contribution in [0.5, 0.6) is 0 Å². The third-order valence-electron chi connectivity index (χ3n) is 14.1. The number of rotatable bonds is 4. The lowest BCUT2D eigenvalue weighted by atomic mass is 9.41. The number of fused-ring (bicyclic) bond motifs is 4. The number of hydrogen-bond acceptors (Lipinski definition) is 4. The third kappa shape index (κ3) is 2.22. The van der Waals surface area contributed by atoms with Crippen molar-refractivity contribution in [3.63, 3.8) is 0 Å². The van der Waals surface area contributed by atoms with E-state index in [1.807, 2.05) is 6.92 Å². The number of carbonyl (C=O) groups excluding carboxylic acids is 1. The SMILES string of the molecule is CC(C)[C@H]1CC[C@@]2(C)[C@@H]3CC[C@]45CCC[C@H]4[C@]2(CC[C@@H]2[C@]4(C)C(=O)O[C@@]2(C)CC[C@@H]4O)[C@H]1N5C3. The molecule has 4 nitrogen and oxygen atoms in total. The van der Waals surface area contributed by atoms with Crippen LogP contribution >= 0.6 is 0 Å². The van der Waals surface area contributed by atoms with Crippen LogP contribution in [0.25, 0.3) is 0 Å². The Hall–Kier alpha value is -0.610. The average molecular weight is 470 g/mol. The van der Waals surface area contributed by atoms with Crippen molar-refractivity contribution in [1.82, 2.24) is 4.90 Å². The number of ether oxygens (including phenoxy) is 1. The number of piperidine rings is 2. The summed E-state index contributed by atoms with van der Waals surface area (Å²) in [4.78, 5) is 16.2. The van der Waals surface area contributed by atoms with Crippen LogP contribution in [-0.4, -0.2) is 45.8 Å². The predicted octanol–water partition coefficient (Wildman–Crippen LogP) is 5.56. The summed E-state index contributed by atoms with van der Waals surface area (Å²) in [6.07, 6.45) is 13.1. The van der Waals surface area contributed by atoms with Crippen molar-refractivity contribution in [3.05, 3.63) is 0 Å². The smallest absolute Gasteiger partial charge is 0.315 e. The standard InChI is InChI=1S/C30H47NO3/c1-18(2)20-9-13-26(3)19-8-15-29-12-6-7-22(29)30(26,24(20)31(29)17-19)16-10-21-27(4)14-11-23(32)28(21,5)25(33)34-27/h18-24,32H,6-17H2,1-5H3/t19-,20-,21+,22-,23+,24+,26+,27+,28+,29-,30-/m1/s1. The number of esters is 1. The number of nitrogens with zero attached hydrogens (tertiary/aromatic N) is 1. The molecule has 1 N–H and O–H groups in total. The Balaban J connectivity index is 1.34. The maximum absolute atomic E-state index is 13.1. The van der Waals surface area contributed by atoms with Crippen molar-refractivity contribution in [2.24, 2.45) is 45.8 Å². The summed E-state index contributed by atoms with van der Waals surface area (Å²) < 4.78 is 6.08. The van der Waals surface area contributed by atoms with Crippen molar-refractivity contribution in [2.75, 3.05) is 6.54 Å². The molecule has 7 aliphatic rings. The molecular weight excluding hydrogens is 422 g/mol. The fourth-order valence-electron chi connectivity index (χ4n) is 12.5. The predicted molar refractivity (Wildman–Crippen MR) is 132 cm³/mol. The minimum Gasteiger partial charge on any atom is -0.459 e. The molecule has 0 aromatic carbocycles. The van der Waals surface area contributed by atoms with Crippen LogP contribution in [0.3, 0.4) is 0 Å². The minimum absolute atomic E-state index is 0.136. The summed E-state index contributed by atoms with van der Waals surface area (Å²) >= 11 is 0. The van der Waals surface area contributed by atoms with Gasteiger partial charge in [0.1, 0.15) is 5.60 Å². The van der Waals surface area contributed by atoms with Crippen LogP contribution in [0.2, 0.25) is 0 Å². The highest BCUT2D eigenvalue weighted by Crippen LogP contribution is 2.79. The molecule has 3 aliphatic carbocycles. The molecule has 4 heteroatoms. The summed E-state index contributed by atoms with van der Waals surface area (Å²) in [5, 5.41) is 11.0. The van der Waals surface area contributed by atoms with Crippen LogP contribution < -0.4 is 0 Å². The van der Waals surface area contributed by atoms with E-state index in [0.29, 0.717) is 22.8 Å². The second kappa shape index (κ2) is 6.63. The molecule has 34 heavy (non-hydrogen) atoms. The molecule has 4 heterocycles. The van der Waals surface area contributed by atoms with Crippen LogP contribution in [0.4, 0.5) is 0 Å². The van der Waals surface area contributed by atoms with E-state index < -0.39 is 17.1 Å². The van der Waals surface area contributed by atoms with Crippen LogP contribution in [0.1, 0.15) is 105 Å². The largest absolute Gasteiger partial charge is 0.459 e. The number of aliphatic hydroxyl groups is 1. The first-order chi connectivity index (χ1) is 16.0. The summed E-state index contributed by atoms with van der Waals surface area (Å²) in [5.41, 5.74) is 0.131. The molecule has 1 spiro atoms. The summed E-state index contributed by atoms with van der Waals surface area (Å²) in [7, 11) is 0. The van der Waals surface area contributed by atoms with Crippen molar-refractivity contribution in [3.8, 4) is 0 Å². The molecule has 4 saturated heterocycles. The molecule has 190 valence electrons. The van der Waals surface area contributed by atoms with Crippen molar-refractivity contribution in [1.29, 1.82) is 0 Å². The summed E-state index contributed by atoms with van der Waals surface area (Å²) in [5.74, 6) is 3.20. The first kappa shape index (κ1) is 22.6. The minimum atomic E-state index is -0.726. The van der Waals surface area contributed by atoms with E-state index in [0.717, 1.165) is 42.6 Å². The highest BCUT2D eigenvalue weighted by molar-refractivity contribution is 5.81. The molecule has 0 radical (unpaired) electrons. The van der Waals surface area contributed by atoms with E-state index in [2.05, 4.69) is 32.6 Å². The van der Waals surface area contributed by atoms with Crippen LogP contribution in [-0.2, 0) is 9.53 Å². The van der Waals surface area contributed by atoms with Gasteiger partial charge < -0.3 is 9.84 Å². The van der Waals surface area contributed by atoms with E-state index >= 15 is 0 Å². The van der Waals surface area contributed by atoms with Gasteiger partial charge in [-0.05, 0) is 113 Å². The van der Waals surface area contributed by atoms with Gasteiger partial charge in [0.05, 0.1) is 11.5 Å². The first-order valence-electron chi connectivity index (χ1n) is 14.7. The molecule has 12 atom stereocenters. The Bertz CT molecular complexity index is 919. The lowest BCUT2D eigenvalue weighted by Crippen LogP contribution is -2.68. The average Bonchev–Trinajstić information content (AvgIpc) is 3.31. The Labute approximate surface area is 206 Å². The molecule has 4 aliphatic heterocycles. The van der Waals surface area contributed by atoms with Gasteiger partial charge in [-0.15, -0.1) is 0 Å².